The van der Waals surface area contributed by atoms with Gasteiger partial charge in [-0.15, -0.1) is 0 Å². The van der Waals surface area contributed by atoms with Crippen LogP contribution in [0.5, 0.6) is 0 Å². The minimum Gasteiger partial charge on any atom is -0.351 e. The minimum absolute atomic E-state index is 0.0854. The Morgan fingerprint density at radius 2 is 1.54 bits per heavy atom. The second-order valence-electron chi connectivity index (χ2n) is 6.48. The molecule has 1 aliphatic heterocycles. The summed E-state index contributed by atoms with van der Waals surface area (Å²) in [5.74, 6) is -1.43. The molecular weight excluding hydrogens is 388 g/mol. The number of amides is 1. The van der Waals surface area contributed by atoms with E-state index in [1.54, 1.807) is 18.2 Å². The third-order valence-electron chi connectivity index (χ3n) is 4.59. The molecular formula is C19H21F2N3O3S. The molecule has 0 saturated carbocycles. The van der Waals surface area contributed by atoms with Crippen molar-refractivity contribution in [1.29, 1.82) is 0 Å². The first-order valence-electron chi connectivity index (χ1n) is 8.85. The second kappa shape index (κ2) is 8.76. The van der Waals surface area contributed by atoms with Crippen molar-refractivity contribution in [2.45, 2.75) is 11.4 Å². The minimum atomic E-state index is -3.91. The Morgan fingerprint density at radius 3 is 2.18 bits per heavy atom. The van der Waals surface area contributed by atoms with Crippen LogP contribution in [0.1, 0.15) is 5.56 Å². The SMILES string of the molecule is O=C(CN1CCN(S(=O)(=O)c2ccccc2F)CC1)NCc1ccccc1F. The molecule has 1 aliphatic rings. The first-order valence-corrected chi connectivity index (χ1v) is 10.3. The van der Waals surface area contributed by atoms with Crippen LogP contribution in [0.4, 0.5) is 8.78 Å². The summed E-state index contributed by atoms with van der Waals surface area (Å²) in [6.45, 7) is 1.20. The zero-order valence-corrected chi connectivity index (χ0v) is 16.0. The lowest BCUT2D eigenvalue weighted by molar-refractivity contribution is -0.122. The van der Waals surface area contributed by atoms with Crippen molar-refractivity contribution in [3.63, 3.8) is 0 Å². The summed E-state index contributed by atoms with van der Waals surface area (Å²) in [5.41, 5.74) is 0.400. The summed E-state index contributed by atoms with van der Waals surface area (Å²) in [5, 5.41) is 2.66. The predicted molar refractivity (Wildman–Crippen MR) is 99.8 cm³/mol. The van der Waals surface area contributed by atoms with Gasteiger partial charge in [-0.1, -0.05) is 30.3 Å². The number of rotatable bonds is 6. The molecule has 2 aromatic rings. The Morgan fingerprint density at radius 1 is 0.929 bits per heavy atom. The zero-order valence-electron chi connectivity index (χ0n) is 15.1. The molecule has 150 valence electrons. The van der Waals surface area contributed by atoms with Crippen LogP contribution < -0.4 is 5.32 Å². The lowest BCUT2D eigenvalue weighted by Gasteiger charge is -2.33. The van der Waals surface area contributed by atoms with Gasteiger partial charge in [0, 0.05) is 38.3 Å². The second-order valence-corrected chi connectivity index (χ2v) is 8.39. The van der Waals surface area contributed by atoms with Gasteiger partial charge < -0.3 is 5.32 Å². The molecule has 0 radical (unpaired) electrons. The average Bonchev–Trinajstić information content (AvgIpc) is 2.68. The molecule has 0 spiro atoms. The van der Waals surface area contributed by atoms with Crippen molar-refractivity contribution in [2.24, 2.45) is 0 Å². The Kier molecular flexibility index (Phi) is 6.38. The number of nitrogens with zero attached hydrogens (tertiary/aromatic N) is 2. The van der Waals surface area contributed by atoms with Crippen LogP contribution in [-0.2, 0) is 21.4 Å². The third-order valence-corrected chi connectivity index (χ3v) is 6.52. The number of nitrogens with one attached hydrogen (secondary N) is 1. The van der Waals surface area contributed by atoms with Crippen LogP contribution in [0.3, 0.4) is 0 Å². The highest BCUT2D eigenvalue weighted by atomic mass is 32.2. The van der Waals surface area contributed by atoms with Crippen molar-refractivity contribution in [3.8, 4) is 0 Å². The molecule has 6 nitrogen and oxygen atoms in total. The van der Waals surface area contributed by atoms with Gasteiger partial charge in [0.1, 0.15) is 16.5 Å². The van der Waals surface area contributed by atoms with E-state index in [1.807, 2.05) is 4.90 Å². The van der Waals surface area contributed by atoms with Crippen molar-refractivity contribution in [1.82, 2.24) is 14.5 Å². The van der Waals surface area contributed by atoms with E-state index < -0.39 is 15.8 Å². The summed E-state index contributed by atoms with van der Waals surface area (Å²) in [6, 6.07) is 11.5. The number of hydrogen-bond acceptors (Lipinski definition) is 4. The first-order chi connectivity index (χ1) is 13.4. The van der Waals surface area contributed by atoms with E-state index in [9.17, 15) is 22.0 Å². The maximum atomic E-state index is 13.8. The fourth-order valence-corrected chi connectivity index (χ4v) is 4.50. The maximum absolute atomic E-state index is 13.8. The molecule has 1 heterocycles. The number of halogens is 2. The van der Waals surface area contributed by atoms with E-state index in [0.717, 1.165) is 6.07 Å². The predicted octanol–water partition coefficient (Wildman–Crippen LogP) is 1.59. The smallest absolute Gasteiger partial charge is 0.246 e. The van der Waals surface area contributed by atoms with Gasteiger partial charge >= 0.3 is 0 Å². The molecule has 9 heteroatoms. The summed E-state index contributed by atoms with van der Waals surface area (Å²) in [6.07, 6.45) is 0. The van der Waals surface area contributed by atoms with Gasteiger partial charge in [0.25, 0.3) is 0 Å². The summed E-state index contributed by atoms with van der Waals surface area (Å²) in [4.78, 5) is 13.6. The van der Waals surface area contributed by atoms with Gasteiger partial charge in [-0.25, -0.2) is 17.2 Å². The molecule has 0 atom stereocenters. The van der Waals surface area contributed by atoms with Crippen LogP contribution in [0.25, 0.3) is 0 Å². The van der Waals surface area contributed by atoms with Crippen LogP contribution in [-0.4, -0.2) is 56.3 Å². The molecule has 1 saturated heterocycles. The molecule has 3 rings (SSSR count). The van der Waals surface area contributed by atoms with Gasteiger partial charge in [0.05, 0.1) is 6.54 Å². The average molecular weight is 409 g/mol. The number of carbonyl (C=O) groups is 1. The standard InChI is InChI=1S/C19H21F2N3O3S/c20-16-6-2-1-5-15(16)13-22-19(25)14-23-9-11-24(12-10-23)28(26,27)18-8-4-3-7-17(18)21/h1-8H,9-14H2,(H,22,25). The van der Waals surface area contributed by atoms with Crippen LogP contribution >= 0.6 is 0 Å². The summed E-state index contributed by atoms with van der Waals surface area (Å²) in [7, 11) is -3.91. The topological polar surface area (TPSA) is 69.7 Å². The molecule has 28 heavy (non-hydrogen) atoms. The van der Waals surface area contributed by atoms with Crippen molar-refractivity contribution >= 4 is 15.9 Å². The van der Waals surface area contributed by atoms with E-state index in [2.05, 4.69) is 5.32 Å². The fraction of sp³-hybridized carbons (Fsp3) is 0.316. The summed E-state index contributed by atoms with van der Waals surface area (Å²) >= 11 is 0. The van der Waals surface area contributed by atoms with Crippen molar-refractivity contribution in [3.05, 3.63) is 65.7 Å². The number of piperazine rings is 1. The summed E-state index contributed by atoms with van der Waals surface area (Å²) < 4.78 is 53.8. The van der Waals surface area contributed by atoms with Crippen LogP contribution in [0, 0.1) is 11.6 Å². The van der Waals surface area contributed by atoms with Crippen molar-refractivity contribution < 1.29 is 22.0 Å². The fourth-order valence-electron chi connectivity index (χ4n) is 3.02. The Labute approximate surface area is 162 Å². The van der Waals surface area contributed by atoms with Gasteiger partial charge in [0.2, 0.25) is 15.9 Å². The van der Waals surface area contributed by atoms with E-state index in [4.69, 9.17) is 0 Å². The highest BCUT2D eigenvalue weighted by Gasteiger charge is 2.30. The molecule has 0 aliphatic carbocycles. The van der Waals surface area contributed by atoms with E-state index >= 15 is 0 Å². The number of benzene rings is 2. The van der Waals surface area contributed by atoms with Gasteiger partial charge in [-0.2, -0.15) is 4.31 Å². The van der Waals surface area contributed by atoms with E-state index in [0.29, 0.717) is 18.7 Å². The van der Waals surface area contributed by atoms with Crippen LogP contribution in [0.2, 0.25) is 0 Å². The van der Waals surface area contributed by atoms with Gasteiger partial charge in [0.15, 0.2) is 0 Å². The van der Waals surface area contributed by atoms with E-state index in [1.165, 1.54) is 28.6 Å². The Balaban J connectivity index is 1.51. The Bertz CT molecular complexity index is 945. The van der Waals surface area contributed by atoms with Crippen LogP contribution in [0.15, 0.2) is 53.4 Å². The van der Waals surface area contributed by atoms with Gasteiger partial charge in [-0.3, -0.25) is 9.69 Å². The van der Waals surface area contributed by atoms with E-state index in [-0.39, 0.29) is 42.8 Å². The lowest BCUT2D eigenvalue weighted by atomic mass is 10.2. The lowest BCUT2D eigenvalue weighted by Crippen LogP contribution is -2.51. The highest BCUT2D eigenvalue weighted by molar-refractivity contribution is 7.89. The molecule has 0 unspecified atom stereocenters. The number of carbonyl (C=O) groups excluding carboxylic acids is 1. The number of sulfonamides is 1. The molecule has 1 fully saturated rings. The normalized spacial score (nSPS) is 16.1. The Hall–Kier alpha value is -2.36. The molecule has 1 N–H and O–H groups in total. The first kappa shape index (κ1) is 20.4. The van der Waals surface area contributed by atoms with Gasteiger partial charge in [-0.05, 0) is 18.2 Å². The maximum Gasteiger partial charge on any atom is 0.246 e. The largest absolute Gasteiger partial charge is 0.351 e. The third kappa shape index (κ3) is 4.73. The molecule has 0 aromatic heterocycles. The number of hydrogen-bond donors (Lipinski definition) is 1. The highest BCUT2D eigenvalue weighted by Crippen LogP contribution is 2.20. The van der Waals surface area contributed by atoms with Crippen molar-refractivity contribution in [2.75, 3.05) is 32.7 Å². The quantitative estimate of drug-likeness (QED) is 0.787. The zero-order chi connectivity index (χ0) is 20.1. The molecule has 2 aromatic carbocycles. The monoisotopic (exact) mass is 409 g/mol. The molecule has 0 bridgehead atoms. The molecule has 1 amide bonds.